The second kappa shape index (κ2) is 7.07. The second-order valence-corrected chi connectivity index (χ2v) is 6.75. The molecule has 17 heavy (non-hydrogen) atoms. The van der Waals surface area contributed by atoms with E-state index in [1.54, 1.807) is 11.3 Å². The SMILES string of the molecule is CCNCCCc1nnc(CCC(C)(C)C)s1. The Balaban J connectivity index is 2.28. The highest BCUT2D eigenvalue weighted by Gasteiger charge is 2.12. The van der Waals surface area contributed by atoms with Gasteiger partial charge in [-0.1, -0.05) is 27.7 Å². The van der Waals surface area contributed by atoms with E-state index in [0.717, 1.165) is 32.4 Å². The van der Waals surface area contributed by atoms with Crippen LogP contribution in [0.5, 0.6) is 0 Å². The summed E-state index contributed by atoms with van der Waals surface area (Å²) >= 11 is 1.78. The predicted octanol–water partition coefficient (Wildman–Crippen LogP) is 3.06. The number of aryl methyl sites for hydroxylation is 2. The van der Waals surface area contributed by atoms with Crippen molar-refractivity contribution in [3.63, 3.8) is 0 Å². The maximum atomic E-state index is 4.27. The van der Waals surface area contributed by atoms with Gasteiger partial charge in [0.25, 0.3) is 0 Å². The number of hydrogen-bond acceptors (Lipinski definition) is 4. The number of hydrogen-bond donors (Lipinski definition) is 1. The van der Waals surface area contributed by atoms with Gasteiger partial charge >= 0.3 is 0 Å². The molecule has 0 unspecified atom stereocenters. The van der Waals surface area contributed by atoms with Crippen molar-refractivity contribution in [1.82, 2.24) is 15.5 Å². The third kappa shape index (κ3) is 6.74. The number of aromatic nitrogens is 2. The first-order chi connectivity index (χ1) is 8.01. The molecule has 0 spiro atoms. The van der Waals surface area contributed by atoms with E-state index in [9.17, 15) is 0 Å². The van der Waals surface area contributed by atoms with E-state index >= 15 is 0 Å². The molecule has 0 aliphatic rings. The topological polar surface area (TPSA) is 37.8 Å². The summed E-state index contributed by atoms with van der Waals surface area (Å²) in [5.41, 5.74) is 0.386. The monoisotopic (exact) mass is 255 g/mol. The molecule has 1 aromatic heterocycles. The summed E-state index contributed by atoms with van der Waals surface area (Å²) in [4.78, 5) is 0. The van der Waals surface area contributed by atoms with Crippen molar-refractivity contribution < 1.29 is 0 Å². The zero-order chi connectivity index (χ0) is 12.7. The van der Waals surface area contributed by atoms with E-state index in [1.165, 1.54) is 16.4 Å². The summed E-state index contributed by atoms with van der Waals surface area (Å²) in [7, 11) is 0. The Kier molecular flexibility index (Phi) is 6.06. The molecule has 0 saturated heterocycles. The molecule has 0 fully saturated rings. The molecule has 0 aliphatic heterocycles. The van der Waals surface area contributed by atoms with Gasteiger partial charge in [0.1, 0.15) is 10.0 Å². The smallest absolute Gasteiger partial charge is 0.117 e. The average Bonchev–Trinajstić information content (AvgIpc) is 2.69. The minimum atomic E-state index is 0.386. The Hall–Kier alpha value is -0.480. The molecule has 1 rings (SSSR count). The Bertz CT molecular complexity index is 315. The molecule has 0 radical (unpaired) electrons. The van der Waals surface area contributed by atoms with Crippen LogP contribution < -0.4 is 5.32 Å². The fourth-order valence-corrected chi connectivity index (χ4v) is 2.40. The van der Waals surface area contributed by atoms with Gasteiger partial charge in [0, 0.05) is 12.8 Å². The van der Waals surface area contributed by atoms with Gasteiger partial charge in [-0.2, -0.15) is 0 Å². The lowest BCUT2D eigenvalue weighted by Crippen LogP contribution is -2.14. The van der Waals surface area contributed by atoms with Gasteiger partial charge in [-0.15, -0.1) is 21.5 Å². The molecule has 1 heterocycles. The first-order valence-corrected chi connectivity index (χ1v) is 7.35. The van der Waals surface area contributed by atoms with Gasteiger partial charge in [0.2, 0.25) is 0 Å². The van der Waals surface area contributed by atoms with Crippen LogP contribution >= 0.6 is 11.3 Å². The number of nitrogens with one attached hydrogen (secondary N) is 1. The van der Waals surface area contributed by atoms with Crippen molar-refractivity contribution in [2.45, 2.75) is 53.4 Å². The van der Waals surface area contributed by atoms with Gasteiger partial charge in [-0.3, -0.25) is 0 Å². The molecule has 1 aromatic rings. The van der Waals surface area contributed by atoms with E-state index in [-0.39, 0.29) is 0 Å². The lowest BCUT2D eigenvalue weighted by atomic mass is 9.91. The minimum Gasteiger partial charge on any atom is -0.317 e. The van der Waals surface area contributed by atoms with Gasteiger partial charge in [-0.05, 0) is 31.3 Å². The van der Waals surface area contributed by atoms with E-state index in [2.05, 4.69) is 43.2 Å². The highest BCUT2D eigenvalue weighted by Crippen LogP contribution is 2.23. The van der Waals surface area contributed by atoms with E-state index in [4.69, 9.17) is 0 Å². The summed E-state index contributed by atoms with van der Waals surface area (Å²) in [6.07, 6.45) is 4.45. The molecule has 0 atom stereocenters. The van der Waals surface area contributed by atoms with Crippen LogP contribution in [0.1, 0.15) is 50.6 Å². The zero-order valence-electron chi connectivity index (χ0n) is 11.5. The van der Waals surface area contributed by atoms with Crippen LogP contribution in [0.4, 0.5) is 0 Å². The van der Waals surface area contributed by atoms with Crippen LogP contribution in [0.3, 0.4) is 0 Å². The van der Waals surface area contributed by atoms with E-state index in [0.29, 0.717) is 5.41 Å². The average molecular weight is 255 g/mol. The third-order valence-corrected chi connectivity index (χ3v) is 3.63. The van der Waals surface area contributed by atoms with Gasteiger partial charge in [0.15, 0.2) is 0 Å². The van der Waals surface area contributed by atoms with Crippen LogP contribution in [0.25, 0.3) is 0 Å². The summed E-state index contributed by atoms with van der Waals surface area (Å²) in [6, 6.07) is 0. The molecule has 0 bridgehead atoms. The van der Waals surface area contributed by atoms with Crippen LogP contribution in [0.2, 0.25) is 0 Å². The lowest BCUT2D eigenvalue weighted by Gasteiger charge is -2.16. The zero-order valence-corrected chi connectivity index (χ0v) is 12.4. The Labute approximate surface area is 109 Å². The maximum absolute atomic E-state index is 4.27. The molecular formula is C13H25N3S. The lowest BCUT2D eigenvalue weighted by molar-refractivity contribution is 0.377. The van der Waals surface area contributed by atoms with Crippen LogP contribution in [-0.4, -0.2) is 23.3 Å². The third-order valence-electron chi connectivity index (χ3n) is 2.59. The minimum absolute atomic E-state index is 0.386. The predicted molar refractivity (Wildman–Crippen MR) is 74.5 cm³/mol. The number of nitrogens with zero attached hydrogens (tertiary/aromatic N) is 2. The molecule has 1 N–H and O–H groups in total. The fraction of sp³-hybridized carbons (Fsp3) is 0.846. The van der Waals surface area contributed by atoms with Crippen molar-refractivity contribution in [2.75, 3.05) is 13.1 Å². The fourth-order valence-electron chi connectivity index (χ4n) is 1.51. The largest absolute Gasteiger partial charge is 0.317 e. The van der Waals surface area contributed by atoms with E-state index < -0.39 is 0 Å². The molecule has 98 valence electrons. The van der Waals surface area contributed by atoms with Crippen molar-refractivity contribution >= 4 is 11.3 Å². The molecule has 0 saturated carbocycles. The normalized spacial score (nSPS) is 12.0. The molecule has 0 amide bonds. The van der Waals surface area contributed by atoms with Crippen molar-refractivity contribution in [3.05, 3.63) is 10.0 Å². The van der Waals surface area contributed by atoms with Crippen molar-refractivity contribution in [1.29, 1.82) is 0 Å². The van der Waals surface area contributed by atoms with Crippen molar-refractivity contribution in [2.24, 2.45) is 5.41 Å². The Morgan fingerprint density at radius 1 is 1.12 bits per heavy atom. The molecule has 3 nitrogen and oxygen atoms in total. The van der Waals surface area contributed by atoms with Crippen molar-refractivity contribution in [3.8, 4) is 0 Å². The maximum Gasteiger partial charge on any atom is 0.117 e. The highest BCUT2D eigenvalue weighted by molar-refractivity contribution is 7.11. The van der Waals surface area contributed by atoms with E-state index in [1.807, 2.05) is 0 Å². The summed E-state index contributed by atoms with van der Waals surface area (Å²) in [5.74, 6) is 0. The molecule has 0 aromatic carbocycles. The summed E-state index contributed by atoms with van der Waals surface area (Å²) in [5, 5.41) is 14.2. The summed E-state index contributed by atoms with van der Waals surface area (Å²) < 4.78 is 0. The van der Waals surface area contributed by atoms with Crippen LogP contribution in [0, 0.1) is 5.41 Å². The Morgan fingerprint density at radius 2 is 1.76 bits per heavy atom. The standard InChI is InChI=1S/C13H25N3S/c1-5-14-10-6-7-11-15-16-12(17-11)8-9-13(2,3)4/h14H,5-10H2,1-4H3. The number of rotatable bonds is 7. The second-order valence-electron chi connectivity index (χ2n) is 5.61. The van der Waals surface area contributed by atoms with Gasteiger partial charge < -0.3 is 5.32 Å². The first kappa shape index (κ1) is 14.6. The molecule has 0 aliphatic carbocycles. The Morgan fingerprint density at radius 3 is 2.35 bits per heavy atom. The van der Waals surface area contributed by atoms with Crippen LogP contribution in [-0.2, 0) is 12.8 Å². The first-order valence-electron chi connectivity index (χ1n) is 6.53. The van der Waals surface area contributed by atoms with Gasteiger partial charge in [-0.25, -0.2) is 0 Å². The molecular weight excluding hydrogens is 230 g/mol. The summed E-state index contributed by atoms with van der Waals surface area (Å²) in [6.45, 7) is 11.1. The highest BCUT2D eigenvalue weighted by atomic mass is 32.1. The quantitative estimate of drug-likeness (QED) is 0.761. The molecule has 4 heteroatoms. The van der Waals surface area contributed by atoms with Crippen LogP contribution in [0.15, 0.2) is 0 Å². The van der Waals surface area contributed by atoms with Gasteiger partial charge in [0.05, 0.1) is 0 Å².